The summed E-state index contributed by atoms with van der Waals surface area (Å²) in [5, 5.41) is 13.7. The summed E-state index contributed by atoms with van der Waals surface area (Å²) in [6, 6.07) is 7.60. The molecule has 3 rings (SSSR count). The van der Waals surface area contributed by atoms with E-state index >= 15 is 0 Å². The zero-order valence-corrected chi connectivity index (χ0v) is 12.4. The van der Waals surface area contributed by atoms with Crippen molar-refractivity contribution in [1.29, 1.82) is 0 Å². The molecule has 0 radical (unpaired) electrons. The van der Waals surface area contributed by atoms with Gasteiger partial charge in [-0.25, -0.2) is 0 Å². The Kier molecular flexibility index (Phi) is 4.21. The molecule has 21 heavy (non-hydrogen) atoms. The summed E-state index contributed by atoms with van der Waals surface area (Å²) < 4.78 is 5.48. The molecule has 2 N–H and O–H groups in total. The lowest BCUT2D eigenvalue weighted by Crippen LogP contribution is -2.13. The normalized spacial score (nSPS) is 17.9. The third-order valence-electron chi connectivity index (χ3n) is 3.37. The highest BCUT2D eigenvalue weighted by Gasteiger charge is 2.22. The lowest BCUT2D eigenvalue weighted by atomic mass is 10.2. The highest BCUT2D eigenvalue weighted by molar-refractivity contribution is 7.98. The first-order chi connectivity index (χ1) is 10.3. The predicted octanol–water partition coefficient (Wildman–Crippen LogP) is 2.47. The van der Waals surface area contributed by atoms with Crippen LogP contribution in [0.4, 0.5) is 6.01 Å². The fourth-order valence-corrected chi connectivity index (χ4v) is 2.64. The number of anilines is 1. The van der Waals surface area contributed by atoms with E-state index in [2.05, 4.69) is 20.8 Å². The number of amides is 1. The molecule has 110 valence electrons. The second kappa shape index (κ2) is 6.28. The SMILES string of the molecule is CSc1ccc(C(=O)Nc2nnc(C3CCCN3)o2)cc1. The van der Waals surface area contributed by atoms with Gasteiger partial charge in [0.15, 0.2) is 0 Å². The number of hydrogen-bond donors (Lipinski definition) is 2. The van der Waals surface area contributed by atoms with E-state index in [1.165, 1.54) is 0 Å². The average Bonchev–Trinajstić information content (AvgIpc) is 3.18. The fraction of sp³-hybridized carbons (Fsp3) is 0.357. The van der Waals surface area contributed by atoms with E-state index in [0.717, 1.165) is 24.3 Å². The summed E-state index contributed by atoms with van der Waals surface area (Å²) in [7, 11) is 0. The standard InChI is InChI=1S/C14H16N4O2S/c1-21-10-6-4-9(5-7-10)12(19)16-14-18-17-13(20-14)11-3-2-8-15-11/h4-7,11,15H,2-3,8H2,1H3,(H,16,18,19). The molecule has 2 aromatic rings. The van der Waals surface area contributed by atoms with Gasteiger partial charge < -0.3 is 9.73 Å². The first-order valence-corrected chi connectivity index (χ1v) is 8.01. The topological polar surface area (TPSA) is 80.0 Å². The van der Waals surface area contributed by atoms with Gasteiger partial charge >= 0.3 is 6.01 Å². The third kappa shape index (κ3) is 3.25. The van der Waals surface area contributed by atoms with Crippen LogP contribution in [-0.2, 0) is 0 Å². The van der Waals surface area contributed by atoms with Crippen LogP contribution in [0.2, 0.25) is 0 Å². The van der Waals surface area contributed by atoms with Crippen LogP contribution in [0.15, 0.2) is 33.6 Å². The minimum Gasteiger partial charge on any atom is -0.406 e. The minimum absolute atomic E-state index is 0.101. The van der Waals surface area contributed by atoms with Crippen LogP contribution in [0.1, 0.15) is 35.1 Å². The number of rotatable bonds is 4. The van der Waals surface area contributed by atoms with E-state index in [4.69, 9.17) is 4.42 Å². The number of nitrogens with one attached hydrogen (secondary N) is 2. The van der Waals surface area contributed by atoms with Crippen molar-refractivity contribution in [2.45, 2.75) is 23.8 Å². The van der Waals surface area contributed by atoms with E-state index in [1.54, 1.807) is 23.9 Å². The lowest BCUT2D eigenvalue weighted by molar-refractivity contribution is 0.102. The molecular formula is C14H16N4O2S. The summed E-state index contributed by atoms with van der Waals surface area (Å²) in [4.78, 5) is 13.2. The molecule has 0 spiro atoms. The molecule has 0 bridgehead atoms. The molecule has 1 saturated heterocycles. The van der Waals surface area contributed by atoms with Crippen LogP contribution in [0.5, 0.6) is 0 Å². The summed E-state index contributed by atoms with van der Waals surface area (Å²) in [6.45, 7) is 0.955. The molecule has 0 saturated carbocycles. The van der Waals surface area contributed by atoms with Crippen LogP contribution < -0.4 is 10.6 Å². The summed E-state index contributed by atoms with van der Waals surface area (Å²) in [5.41, 5.74) is 0.562. The Hall–Kier alpha value is -1.86. The van der Waals surface area contributed by atoms with Crippen molar-refractivity contribution in [3.05, 3.63) is 35.7 Å². The molecule has 1 fully saturated rings. The van der Waals surface area contributed by atoms with Crippen molar-refractivity contribution < 1.29 is 9.21 Å². The van der Waals surface area contributed by atoms with Gasteiger partial charge in [-0.1, -0.05) is 5.10 Å². The maximum atomic E-state index is 12.1. The van der Waals surface area contributed by atoms with E-state index in [9.17, 15) is 4.79 Å². The third-order valence-corrected chi connectivity index (χ3v) is 4.12. The zero-order chi connectivity index (χ0) is 14.7. The van der Waals surface area contributed by atoms with Gasteiger partial charge in [0, 0.05) is 10.5 Å². The number of nitrogens with zero attached hydrogens (tertiary/aromatic N) is 2. The quantitative estimate of drug-likeness (QED) is 0.845. The Morgan fingerprint density at radius 3 is 2.86 bits per heavy atom. The van der Waals surface area contributed by atoms with E-state index in [-0.39, 0.29) is 18.0 Å². The molecule has 1 atom stereocenters. The van der Waals surface area contributed by atoms with Crippen molar-refractivity contribution in [1.82, 2.24) is 15.5 Å². The molecule has 1 aromatic carbocycles. The summed E-state index contributed by atoms with van der Waals surface area (Å²) in [6.07, 6.45) is 4.06. The molecule has 1 aliphatic heterocycles. The zero-order valence-electron chi connectivity index (χ0n) is 11.6. The number of thioether (sulfide) groups is 1. The highest BCUT2D eigenvalue weighted by atomic mass is 32.2. The number of carbonyl (C=O) groups is 1. The molecule has 2 heterocycles. The molecule has 6 nitrogen and oxygen atoms in total. The average molecular weight is 304 g/mol. The lowest BCUT2D eigenvalue weighted by Gasteiger charge is -2.03. The monoisotopic (exact) mass is 304 g/mol. The number of aromatic nitrogens is 2. The predicted molar refractivity (Wildman–Crippen MR) is 80.5 cm³/mol. The molecule has 1 unspecified atom stereocenters. The molecule has 1 amide bonds. The molecule has 0 aliphatic carbocycles. The van der Waals surface area contributed by atoms with Crippen LogP contribution in [0.25, 0.3) is 0 Å². The van der Waals surface area contributed by atoms with Crippen LogP contribution in [0.3, 0.4) is 0 Å². The van der Waals surface area contributed by atoms with Crippen LogP contribution in [-0.4, -0.2) is 28.9 Å². The van der Waals surface area contributed by atoms with Crippen molar-refractivity contribution in [2.24, 2.45) is 0 Å². The fourth-order valence-electron chi connectivity index (χ4n) is 2.23. The Morgan fingerprint density at radius 1 is 1.38 bits per heavy atom. The van der Waals surface area contributed by atoms with Crippen molar-refractivity contribution in [2.75, 3.05) is 18.1 Å². The number of hydrogen-bond acceptors (Lipinski definition) is 6. The van der Waals surface area contributed by atoms with Gasteiger partial charge in [0.1, 0.15) is 0 Å². The maximum Gasteiger partial charge on any atom is 0.322 e. The second-order valence-electron chi connectivity index (χ2n) is 4.78. The van der Waals surface area contributed by atoms with Gasteiger partial charge in [-0.15, -0.1) is 16.9 Å². The Balaban J connectivity index is 1.66. The molecule has 1 aliphatic rings. The largest absolute Gasteiger partial charge is 0.406 e. The first-order valence-electron chi connectivity index (χ1n) is 6.78. The number of benzene rings is 1. The van der Waals surface area contributed by atoms with E-state index in [1.807, 2.05) is 18.4 Å². The Labute approximate surface area is 126 Å². The van der Waals surface area contributed by atoms with Crippen LogP contribution >= 0.6 is 11.8 Å². The smallest absolute Gasteiger partial charge is 0.322 e. The van der Waals surface area contributed by atoms with Crippen LogP contribution in [0, 0.1) is 0 Å². The Bertz CT molecular complexity index is 620. The molecular weight excluding hydrogens is 288 g/mol. The van der Waals surface area contributed by atoms with Gasteiger partial charge in [0.05, 0.1) is 6.04 Å². The van der Waals surface area contributed by atoms with E-state index < -0.39 is 0 Å². The van der Waals surface area contributed by atoms with Gasteiger partial charge in [-0.3, -0.25) is 10.1 Å². The van der Waals surface area contributed by atoms with Crippen molar-refractivity contribution in [3.63, 3.8) is 0 Å². The molecule has 7 heteroatoms. The highest BCUT2D eigenvalue weighted by Crippen LogP contribution is 2.23. The summed E-state index contributed by atoms with van der Waals surface area (Å²) >= 11 is 1.63. The minimum atomic E-state index is -0.253. The van der Waals surface area contributed by atoms with Crippen molar-refractivity contribution >= 4 is 23.7 Å². The summed E-state index contributed by atoms with van der Waals surface area (Å²) in [5.74, 6) is 0.276. The second-order valence-corrected chi connectivity index (χ2v) is 5.66. The van der Waals surface area contributed by atoms with Gasteiger partial charge in [-0.05, 0) is 49.9 Å². The number of carbonyl (C=O) groups excluding carboxylic acids is 1. The van der Waals surface area contributed by atoms with Gasteiger partial charge in [-0.2, -0.15) is 0 Å². The van der Waals surface area contributed by atoms with Crippen molar-refractivity contribution in [3.8, 4) is 0 Å². The van der Waals surface area contributed by atoms with E-state index in [0.29, 0.717) is 11.5 Å². The van der Waals surface area contributed by atoms with Gasteiger partial charge in [0.25, 0.3) is 5.91 Å². The molecule has 1 aromatic heterocycles. The Morgan fingerprint density at radius 2 is 2.19 bits per heavy atom. The first kappa shape index (κ1) is 14.1. The van der Waals surface area contributed by atoms with Gasteiger partial charge in [0.2, 0.25) is 5.89 Å². The maximum absolute atomic E-state index is 12.1.